The fraction of sp³-hybridized carbons (Fsp3) is 0.250. The van der Waals surface area contributed by atoms with E-state index < -0.39 is 0 Å². The maximum atomic E-state index is 5.83. The van der Waals surface area contributed by atoms with Gasteiger partial charge in [-0.15, -0.1) is 0 Å². The van der Waals surface area contributed by atoms with Gasteiger partial charge in [0.25, 0.3) is 0 Å². The normalized spacial score (nSPS) is 10.6. The number of hydrogen-bond acceptors (Lipinski definition) is 2. The topological polar surface area (TPSA) is 43.8 Å². The van der Waals surface area contributed by atoms with Crippen LogP contribution >= 0.6 is 11.6 Å². The third-order valence-corrected chi connectivity index (χ3v) is 2.81. The van der Waals surface area contributed by atoms with E-state index >= 15 is 0 Å². The van der Waals surface area contributed by atoms with Crippen molar-refractivity contribution in [2.24, 2.45) is 5.73 Å². The Kier molecular flexibility index (Phi) is 3.59. The van der Waals surface area contributed by atoms with E-state index in [4.69, 9.17) is 17.3 Å². The molecule has 0 radical (unpaired) electrons. The predicted octanol–water partition coefficient (Wildman–Crippen LogP) is 2.24. The van der Waals surface area contributed by atoms with E-state index in [2.05, 4.69) is 9.55 Å². The number of nitrogens with two attached hydrogens (primary N) is 1. The Labute approximate surface area is 99.9 Å². The molecule has 2 rings (SSSR count). The molecule has 0 spiro atoms. The van der Waals surface area contributed by atoms with Gasteiger partial charge in [0.05, 0.1) is 12.0 Å². The molecule has 4 heteroatoms. The molecule has 0 amide bonds. The van der Waals surface area contributed by atoms with Gasteiger partial charge in [0.1, 0.15) is 0 Å². The molecule has 1 aromatic carbocycles. The number of aromatic nitrogens is 2. The van der Waals surface area contributed by atoms with Crippen LogP contribution in [0.15, 0.2) is 36.8 Å². The Hall–Kier alpha value is -1.32. The molecule has 16 heavy (non-hydrogen) atoms. The number of aryl methyl sites for hydroxylation is 2. The average molecular weight is 236 g/mol. The summed E-state index contributed by atoms with van der Waals surface area (Å²) in [5.74, 6) is 0. The molecule has 1 aromatic heterocycles. The zero-order valence-electron chi connectivity index (χ0n) is 8.94. The minimum Gasteiger partial charge on any atom is -0.333 e. The highest BCUT2D eigenvalue weighted by atomic mass is 35.5. The Morgan fingerprint density at radius 1 is 1.25 bits per heavy atom. The van der Waals surface area contributed by atoms with Crippen LogP contribution in [0.2, 0.25) is 5.02 Å². The minimum atomic E-state index is 0.528. The van der Waals surface area contributed by atoms with Crippen molar-refractivity contribution in [2.75, 3.05) is 0 Å². The first-order valence-electron chi connectivity index (χ1n) is 5.23. The number of hydrogen-bond donors (Lipinski definition) is 1. The fourth-order valence-electron chi connectivity index (χ4n) is 1.62. The Bertz CT molecular complexity index is 448. The van der Waals surface area contributed by atoms with Gasteiger partial charge in [-0.05, 0) is 24.1 Å². The molecule has 2 N–H and O–H groups in total. The third kappa shape index (κ3) is 2.62. The van der Waals surface area contributed by atoms with E-state index in [1.165, 1.54) is 5.56 Å². The molecule has 1 heterocycles. The molecule has 0 atom stereocenters. The molecule has 0 aliphatic carbocycles. The number of rotatable bonds is 4. The lowest BCUT2D eigenvalue weighted by molar-refractivity contribution is 0.660. The second-order valence-corrected chi connectivity index (χ2v) is 4.10. The van der Waals surface area contributed by atoms with Crippen molar-refractivity contribution in [3.05, 3.63) is 53.1 Å². The summed E-state index contributed by atoms with van der Waals surface area (Å²) in [6.07, 6.45) is 4.58. The first-order valence-corrected chi connectivity index (χ1v) is 5.61. The van der Waals surface area contributed by atoms with Crippen LogP contribution in [0.3, 0.4) is 0 Å². The lowest BCUT2D eigenvalue weighted by atomic mass is 10.1. The van der Waals surface area contributed by atoms with Crippen molar-refractivity contribution in [1.29, 1.82) is 0 Å². The van der Waals surface area contributed by atoms with Crippen LogP contribution in [0, 0.1) is 0 Å². The monoisotopic (exact) mass is 235 g/mol. The summed E-state index contributed by atoms with van der Waals surface area (Å²) >= 11 is 5.83. The second kappa shape index (κ2) is 5.14. The SMILES string of the molecule is NCc1cncn1CCc1ccc(Cl)cc1. The van der Waals surface area contributed by atoms with E-state index in [-0.39, 0.29) is 0 Å². The highest BCUT2D eigenvalue weighted by molar-refractivity contribution is 6.30. The first-order chi connectivity index (χ1) is 7.79. The smallest absolute Gasteiger partial charge is 0.0948 e. The van der Waals surface area contributed by atoms with Crippen LogP contribution < -0.4 is 5.73 Å². The quantitative estimate of drug-likeness (QED) is 0.883. The number of benzene rings is 1. The molecule has 0 saturated carbocycles. The van der Waals surface area contributed by atoms with Gasteiger partial charge in [0.2, 0.25) is 0 Å². The summed E-state index contributed by atoms with van der Waals surface area (Å²) in [6, 6.07) is 7.91. The van der Waals surface area contributed by atoms with Gasteiger partial charge in [0.15, 0.2) is 0 Å². The van der Waals surface area contributed by atoms with Gasteiger partial charge in [-0.3, -0.25) is 0 Å². The predicted molar refractivity (Wildman–Crippen MR) is 65.3 cm³/mol. The molecule has 3 nitrogen and oxygen atoms in total. The van der Waals surface area contributed by atoms with Crippen molar-refractivity contribution >= 4 is 11.6 Å². The van der Waals surface area contributed by atoms with Gasteiger partial charge in [-0.1, -0.05) is 23.7 Å². The summed E-state index contributed by atoms with van der Waals surface area (Å²) < 4.78 is 2.08. The van der Waals surface area contributed by atoms with E-state index in [0.717, 1.165) is 23.7 Å². The van der Waals surface area contributed by atoms with Gasteiger partial charge in [-0.25, -0.2) is 4.98 Å². The molecule has 0 aliphatic rings. The summed E-state index contributed by atoms with van der Waals surface area (Å²) in [5.41, 5.74) is 7.93. The maximum Gasteiger partial charge on any atom is 0.0948 e. The zero-order chi connectivity index (χ0) is 11.4. The zero-order valence-corrected chi connectivity index (χ0v) is 9.69. The molecule has 0 fully saturated rings. The van der Waals surface area contributed by atoms with Gasteiger partial charge >= 0.3 is 0 Å². The second-order valence-electron chi connectivity index (χ2n) is 3.66. The van der Waals surface area contributed by atoms with E-state index in [1.54, 1.807) is 0 Å². The first kappa shape index (κ1) is 11.2. The van der Waals surface area contributed by atoms with E-state index in [9.17, 15) is 0 Å². The summed E-state index contributed by atoms with van der Waals surface area (Å²) in [6.45, 7) is 1.43. The molecule has 84 valence electrons. The van der Waals surface area contributed by atoms with Gasteiger partial charge in [0, 0.05) is 24.3 Å². The Balaban J connectivity index is 1.99. The highest BCUT2D eigenvalue weighted by Gasteiger charge is 2.00. The minimum absolute atomic E-state index is 0.528. The highest BCUT2D eigenvalue weighted by Crippen LogP contribution is 2.11. The Morgan fingerprint density at radius 3 is 2.69 bits per heavy atom. The van der Waals surface area contributed by atoms with Crippen LogP contribution in [-0.4, -0.2) is 9.55 Å². The van der Waals surface area contributed by atoms with Gasteiger partial charge in [-0.2, -0.15) is 0 Å². The van der Waals surface area contributed by atoms with Crippen LogP contribution in [-0.2, 0) is 19.5 Å². The molecule has 0 aliphatic heterocycles. The number of imidazole rings is 1. The molecule has 0 unspecified atom stereocenters. The molecular weight excluding hydrogens is 222 g/mol. The average Bonchev–Trinajstić information content (AvgIpc) is 2.76. The van der Waals surface area contributed by atoms with Crippen LogP contribution in [0.4, 0.5) is 0 Å². The summed E-state index contributed by atoms with van der Waals surface area (Å²) in [7, 11) is 0. The number of nitrogens with zero attached hydrogens (tertiary/aromatic N) is 2. The largest absolute Gasteiger partial charge is 0.333 e. The van der Waals surface area contributed by atoms with E-state index in [0.29, 0.717) is 6.54 Å². The third-order valence-electron chi connectivity index (χ3n) is 2.56. The van der Waals surface area contributed by atoms with Crippen molar-refractivity contribution in [3.8, 4) is 0 Å². The van der Waals surface area contributed by atoms with Crippen LogP contribution in [0.5, 0.6) is 0 Å². The lowest BCUT2D eigenvalue weighted by Crippen LogP contribution is -2.08. The van der Waals surface area contributed by atoms with Gasteiger partial charge < -0.3 is 10.3 Å². The molecule has 0 saturated heterocycles. The number of halogens is 1. The lowest BCUT2D eigenvalue weighted by Gasteiger charge is -2.06. The maximum absolute atomic E-state index is 5.83. The van der Waals surface area contributed by atoms with Crippen LogP contribution in [0.25, 0.3) is 0 Å². The summed E-state index contributed by atoms with van der Waals surface area (Å²) in [5, 5.41) is 0.772. The molecule has 0 bridgehead atoms. The summed E-state index contributed by atoms with van der Waals surface area (Å²) in [4.78, 5) is 4.08. The van der Waals surface area contributed by atoms with Crippen LogP contribution in [0.1, 0.15) is 11.3 Å². The molecular formula is C12H14ClN3. The fourth-order valence-corrected chi connectivity index (χ4v) is 1.75. The molecule has 2 aromatic rings. The van der Waals surface area contributed by atoms with Crippen molar-refractivity contribution in [1.82, 2.24) is 9.55 Å². The van der Waals surface area contributed by atoms with E-state index in [1.807, 2.05) is 36.8 Å². The standard InChI is InChI=1S/C12H14ClN3/c13-11-3-1-10(2-4-11)5-6-16-9-15-8-12(16)7-14/h1-4,8-9H,5-7,14H2. The Morgan fingerprint density at radius 2 is 2.00 bits per heavy atom. The van der Waals surface area contributed by atoms with Crippen molar-refractivity contribution < 1.29 is 0 Å². The van der Waals surface area contributed by atoms with Crippen molar-refractivity contribution in [3.63, 3.8) is 0 Å². The van der Waals surface area contributed by atoms with Crippen molar-refractivity contribution in [2.45, 2.75) is 19.5 Å².